The standard InChI is InChI=1S/C16H15NO4S/c1-11(18)12-6-8-13(9-7-12)22(19,20)17-15-10-21-16-5-3-2-4-14(15)16/h2-9,15,17H,10H2,1H3. The molecular formula is C16H15NO4S. The van der Waals surface area contributed by atoms with E-state index in [0.29, 0.717) is 11.3 Å². The van der Waals surface area contributed by atoms with Gasteiger partial charge in [0.25, 0.3) is 0 Å². The third-order valence-corrected chi connectivity index (χ3v) is 5.06. The van der Waals surface area contributed by atoms with Crippen molar-refractivity contribution in [2.75, 3.05) is 6.61 Å². The summed E-state index contributed by atoms with van der Waals surface area (Å²) in [5.41, 5.74) is 1.31. The second kappa shape index (κ2) is 5.55. The van der Waals surface area contributed by atoms with Crippen molar-refractivity contribution in [2.24, 2.45) is 0 Å². The Morgan fingerprint density at radius 3 is 2.50 bits per heavy atom. The number of hydrogen-bond donors (Lipinski definition) is 1. The molecule has 0 fully saturated rings. The Kier molecular flexibility index (Phi) is 3.72. The molecule has 0 saturated carbocycles. The van der Waals surface area contributed by atoms with E-state index in [1.807, 2.05) is 24.3 Å². The van der Waals surface area contributed by atoms with Gasteiger partial charge in [0, 0.05) is 11.1 Å². The number of ether oxygens (including phenoxy) is 1. The van der Waals surface area contributed by atoms with Crippen molar-refractivity contribution >= 4 is 15.8 Å². The maximum Gasteiger partial charge on any atom is 0.241 e. The van der Waals surface area contributed by atoms with E-state index < -0.39 is 16.1 Å². The van der Waals surface area contributed by atoms with Crippen molar-refractivity contribution in [3.63, 3.8) is 0 Å². The second-order valence-electron chi connectivity index (χ2n) is 5.10. The van der Waals surface area contributed by atoms with Crippen LogP contribution in [0.2, 0.25) is 0 Å². The van der Waals surface area contributed by atoms with Gasteiger partial charge in [-0.1, -0.05) is 30.3 Å². The van der Waals surface area contributed by atoms with E-state index in [2.05, 4.69) is 4.72 Å². The zero-order valence-corrected chi connectivity index (χ0v) is 12.8. The molecule has 114 valence electrons. The highest BCUT2D eigenvalue weighted by Crippen LogP contribution is 2.32. The van der Waals surface area contributed by atoms with Gasteiger partial charge >= 0.3 is 0 Å². The normalized spacial score (nSPS) is 16.9. The highest BCUT2D eigenvalue weighted by molar-refractivity contribution is 7.89. The molecule has 1 aliphatic rings. The van der Waals surface area contributed by atoms with Gasteiger partial charge in [0.15, 0.2) is 5.78 Å². The molecule has 0 saturated heterocycles. The highest BCUT2D eigenvalue weighted by atomic mass is 32.2. The fraction of sp³-hybridized carbons (Fsp3) is 0.188. The van der Waals surface area contributed by atoms with Crippen molar-refractivity contribution < 1.29 is 17.9 Å². The SMILES string of the molecule is CC(=O)c1ccc(S(=O)(=O)NC2COc3ccccc32)cc1. The minimum absolute atomic E-state index is 0.102. The summed E-state index contributed by atoms with van der Waals surface area (Å²) in [5, 5.41) is 0. The first kappa shape index (κ1) is 14.7. The average molecular weight is 317 g/mol. The van der Waals surface area contributed by atoms with Gasteiger partial charge in [-0.15, -0.1) is 0 Å². The van der Waals surface area contributed by atoms with Crippen LogP contribution in [0.3, 0.4) is 0 Å². The molecule has 1 atom stereocenters. The Morgan fingerprint density at radius 1 is 1.14 bits per heavy atom. The number of fused-ring (bicyclic) bond motifs is 1. The van der Waals surface area contributed by atoms with Crippen LogP contribution in [0, 0.1) is 0 Å². The summed E-state index contributed by atoms with van der Waals surface area (Å²) in [6.45, 7) is 1.71. The summed E-state index contributed by atoms with van der Waals surface area (Å²) in [5.74, 6) is 0.595. The lowest BCUT2D eigenvalue weighted by Crippen LogP contribution is -2.29. The van der Waals surface area contributed by atoms with Crippen LogP contribution in [0.5, 0.6) is 5.75 Å². The average Bonchev–Trinajstić information content (AvgIpc) is 2.90. The van der Waals surface area contributed by atoms with Gasteiger partial charge < -0.3 is 4.74 Å². The van der Waals surface area contributed by atoms with E-state index in [-0.39, 0.29) is 17.3 Å². The fourth-order valence-electron chi connectivity index (χ4n) is 2.38. The number of nitrogens with one attached hydrogen (secondary N) is 1. The number of sulfonamides is 1. The van der Waals surface area contributed by atoms with Crippen LogP contribution < -0.4 is 9.46 Å². The van der Waals surface area contributed by atoms with Crippen LogP contribution in [0.15, 0.2) is 53.4 Å². The van der Waals surface area contributed by atoms with E-state index in [9.17, 15) is 13.2 Å². The molecular weight excluding hydrogens is 302 g/mol. The third-order valence-electron chi connectivity index (χ3n) is 3.57. The first-order valence-electron chi connectivity index (χ1n) is 6.82. The molecule has 22 heavy (non-hydrogen) atoms. The number of para-hydroxylation sites is 1. The van der Waals surface area contributed by atoms with Crippen LogP contribution in [0.1, 0.15) is 28.9 Å². The zero-order chi connectivity index (χ0) is 15.7. The van der Waals surface area contributed by atoms with Crippen LogP contribution in [0.25, 0.3) is 0 Å². The van der Waals surface area contributed by atoms with Gasteiger partial charge in [0.1, 0.15) is 12.4 Å². The van der Waals surface area contributed by atoms with Gasteiger partial charge in [-0.25, -0.2) is 13.1 Å². The van der Waals surface area contributed by atoms with Gasteiger partial charge in [0.2, 0.25) is 10.0 Å². The number of carbonyl (C=O) groups is 1. The molecule has 1 N–H and O–H groups in total. The van der Waals surface area contributed by atoms with Gasteiger partial charge in [-0.3, -0.25) is 4.79 Å². The number of rotatable bonds is 4. The predicted molar refractivity (Wildman–Crippen MR) is 81.4 cm³/mol. The maximum absolute atomic E-state index is 12.4. The van der Waals surface area contributed by atoms with E-state index in [1.54, 1.807) is 0 Å². The van der Waals surface area contributed by atoms with Crippen LogP contribution >= 0.6 is 0 Å². The van der Waals surface area contributed by atoms with E-state index in [0.717, 1.165) is 5.56 Å². The summed E-state index contributed by atoms with van der Waals surface area (Å²) < 4.78 is 33.0. The molecule has 1 heterocycles. The largest absolute Gasteiger partial charge is 0.491 e. The first-order valence-corrected chi connectivity index (χ1v) is 8.31. The molecule has 2 aromatic carbocycles. The Bertz CT molecular complexity index is 812. The Balaban J connectivity index is 1.84. The number of hydrogen-bond acceptors (Lipinski definition) is 4. The van der Waals surface area contributed by atoms with Gasteiger partial charge in [0.05, 0.1) is 10.9 Å². The van der Waals surface area contributed by atoms with Crippen molar-refractivity contribution in [3.05, 3.63) is 59.7 Å². The quantitative estimate of drug-likeness (QED) is 0.878. The lowest BCUT2D eigenvalue weighted by molar-refractivity contribution is 0.101. The van der Waals surface area contributed by atoms with Crippen LogP contribution in [0.4, 0.5) is 0 Å². The fourth-order valence-corrected chi connectivity index (χ4v) is 3.58. The molecule has 0 amide bonds. The van der Waals surface area contributed by atoms with Crippen molar-refractivity contribution in [1.82, 2.24) is 4.72 Å². The summed E-state index contributed by atoms with van der Waals surface area (Å²) in [6.07, 6.45) is 0. The predicted octanol–water partition coefficient (Wildman–Crippen LogP) is 2.30. The molecule has 0 aromatic heterocycles. The first-order chi connectivity index (χ1) is 10.5. The number of ketones is 1. The summed E-state index contributed by atoms with van der Waals surface area (Å²) in [7, 11) is -3.67. The topological polar surface area (TPSA) is 72.5 Å². The molecule has 0 radical (unpaired) electrons. The summed E-state index contributed by atoms with van der Waals surface area (Å²) in [4.78, 5) is 11.4. The van der Waals surface area contributed by atoms with Crippen molar-refractivity contribution in [2.45, 2.75) is 17.9 Å². The number of benzene rings is 2. The number of Topliss-reactive ketones (excluding diaryl/α,β-unsaturated/α-hetero) is 1. The minimum atomic E-state index is -3.67. The van der Waals surface area contributed by atoms with Crippen molar-refractivity contribution in [3.8, 4) is 5.75 Å². The second-order valence-corrected chi connectivity index (χ2v) is 6.82. The van der Waals surface area contributed by atoms with Gasteiger partial charge in [-0.05, 0) is 25.1 Å². The molecule has 0 bridgehead atoms. The molecule has 0 aliphatic carbocycles. The molecule has 5 nitrogen and oxygen atoms in total. The molecule has 3 rings (SSSR count). The Morgan fingerprint density at radius 2 is 1.82 bits per heavy atom. The molecule has 0 spiro atoms. The molecule has 1 aliphatic heterocycles. The molecule has 6 heteroatoms. The lowest BCUT2D eigenvalue weighted by atomic mass is 10.1. The minimum Gasteiger partial charge on any atom is -0.491 e. The summed E-state index contributed by atoms with van der Waals surface area (Å²) in [6, 6.07) is 12.8. The van der Waals surface area contributed by atoms with Crippen LogP contribution in [-0.4, -0.2) is 20.8 Å². The smallest absolute Gasteiger partial charge is 0.241 e. The van der Waals surface area contributed by atoms with Gasteiger partial charge in [-0.2, -0.15) is 0 Å². The van der Waals surface area contributed by atoms with E-state index >= 15 is 0 Å². The Hall–Kier alpha value is -2.18. The number of carbonyl (C=O) groups excluding carboxylic acids is 1. The van der Waals surface area contributed by atoms with E-state index in [1.165, 1.54) is 31.2 Å². The van der Waals surface area contributed by atoms with E-state index in [4.69, 9.17) is 4.74 Å². The van der Waals surface area contributed by atoms with Crippen LogP contribution in [-0.2, 0) is 10.0 Å². The zero-order valence-electron chi connectivity index (χ0n) is 11.9. The lowest BCUT2D eigenvalue weighted by Gasteiger charge is -2.12. The highest BCUT2D eigenvalue weighted by Gasteiger charge is 2.28. The van der Waals surface area contributed by atoms with Crippen molar-refractivity contribution in [1.29, 1.82) is 0 Å². The summed E-state index contributed by atoms with van der Waals surface area (Å²) >= 11 is 0. The molecule has 2 aromatic rings. The third kappa shape index (κ3) is 2.75. The Labute approximate surface area is 129 Å². The maximum atomic E-state index is 12.4. The molecule has 1 unspecified atom stereocenters. The monoisotopic (exact) mass is 317 g/mol.